The molecule has 2 aromatic rings. The first kappa shape index (κ1) is 13.3. The van der Waals surface area contributed by atoms with Gasteiger partial charge in [0.25, 0.3) is 0 Å². The molecule has 2 N–H and O–H groups in total. The van der Waals surface area contributed by atoms with E-state index in [1.807, 2.05) is 18.2 Å². The molecule has 0 amide bonds. The molecule has 1 aromatic carbocycles. The largest absolute Gasteiger partial charge is 0.478 e. The molecule has 4 nitrogen and oxygen atoms in total. The number of carbonyl (C=O) groups is 1. The number of benzene rings is 1. The molecule has 0 spiro atoms. The minimum Gasteiger partial charge on any atom is -0.478 e. The van der Waals surface area contributed by atoms with E-state index in [4.69, 9.17) is 5.11 Å². The molecule has 4 heteroatoms. The van der Waals surface area contributed by atoms with Gasteiger partial charge in [0, 0.05) is 11.4 Å². The molecule has 0 fully saturated rings. The second kappa shape index (κ2) is 5.69. The van der Waals surface area contributed by atoms with Gasteiger partial charge in [-0.25, -0.2) is 9.78 Å². The number of fused-ring (bicyclic) bond motifs is 1. The summed E-state index contributed by atoms with van der Waals surface area (Å²) in [6, 6.07) is 9.20. The molecule has 0 aliphatic heterocycles. The van der Waals surface area contributed by atoms with Crippen LogP contribution in [0.15, 0.2) is 30.3 Å². The summed E-state index contributed by atoms with van der Waals surface area (Å²) in [5.74, 6) is -0.128. The predicted molar refractivity (Wildman–Crippen MR) is 76.7 cm³/mol. The van der Waals surface area contributed by atoms with E-state index in [2.05, 4.69) is 24.1 Å². The summed E-state index contributed by atoms with van der Waals surface area (Å²) in [6.45, 7) is 4.26. The van der Waals surface area contributed by atoms with E-state index in [1.165, 1.54) is 0 Å². The number of nitrogens with zero attached hydrogens (tertiary/aromatic N) is 1. The number of anilines is 1. The summed E-state index contributed by atoms with van der Waals surface area (Å²) < 4.78 is 0. The Bertz CT molecular complexity index is 592. The first-order valence-electron chi connectivity index (χ1n) is 6.55. The third-order valence-corrected chi connectivity index (χ3v) is 3.30. The maximum absolute atomic E-state index is 11.1. The fraction of sp³-hybridized carbons (Fsp3) is 0.333. The summed E-state index contributed by atoms with van der Waals surface area (Å²) in [4.78, 5) is 15.6. The molecule has 0 saturated heterocycles. The van der Waals surface area contributed by atoms with Crippen molar-refractivity contribution in [3.05, 3.63) is 35.9 Å². The van der Waals surface area contributed by atoms with Gasteiger partial charge in [0.1, 0.15) is 5.82 Å². The lowest BCUT2D eigenvalue weighted by Crippen LogP contribution is -2.17. The van der Waals surface area contributed by atoms with Crippen molar-refractivity contribution in [1.29, 1.82) is 0 Å². The minimum absolute atomic E-state index is 0.291. The number of rotatable bonds is 5. The van der Waals surface area contributed by atoms with E-state index in [-0.39, 0.29) is 0 Å². The smallest absolute Gasteiger partial charge is 0.336 e. The standard InChI is InChI=1S/C15H18N2O2/c1-3-10(4-2)16-14-9-8-11-12(15(18)19)6-5-7-13(11)17-14/h5-10H,3-4H2,1-2H3,(H,16,17)(H,18,19). The van der Waals surface area contributed by atoms with Crippen LogP contribution in [0.25, 0.3) is 10.9 Å². The number of aromatic nitrogens is 1. The Morgan fingerprint density at radius 2 is 2.00 bits per heavy atom. The lowest BCUT2D eigenvalue weighted by atomic mass is 10.1. The van der Waals surface area contributed by atoms with E-state index in [0.29, 0.717) is 22.5 Å². The molecule has 0 aliphatic rings. The Labute approximate surface area is 112 Å². The fourth-order valence-electron chi connectivity index (χ4n) is 2.12. The molecule has 0 aliphatic carbocycles. The first-order chi connectivity index (χ1) is 9.15. The number of nitrogens with one attached hydrogen (secondary N) is 1. The van der Waals surface area contributed by atoms with E-state index in [9.17, 15) is 4.79 Å². The molecule has 0 unspecified atom stereocenters. The van der Waals surface area contributed by atoms with Gasteiger partial charge < -0.3 is 10.4 Å². The van der Waals surface area contributed by atoms with Crippen LogP contribution in [0.1, 0.15) is 37.0 Å². The number of carboxylic acid groups (broad SMARTS) is 1. The van der Waals surface area contributed by atoms with Crippen LogP contribution in [0.3, 0.4) is 0 Å². The highest BCUT2D eigenvalue weighted by molar-refractivity contribution is 6.02. The highest BCUT2D eigenvalue weighted by Gasteiger charge is 2.10. The molecular weight excluding hydrogens is 240 g/mol. The van der Waals surface area contributed by atoms with Gasteiger partial charge in [-0.05, 0) is 37.1 Å². The number of aromatic carboxylic acids is 1. The highest BCUT2D eigenvalue weighted by atomic mass is 16.4. The van der Waals surface area contributed by atoms with Crippen molar-refractivity contribution in [3.63, 3.8) is 0 Å². The van der Waals surface area contributed by atoms with Gasteiger partial charge in [-0.3, -0.25) is 0 Å². The van der Waals surface area contributed by atoms with E-state index >= 15 is 0 Å². The highest BCUT2D eigenvalue weighted by Crippen LogP contribution is 2.20. The quantitative estimate of drug-likeness (QED) is 0.861. The maximum Gasteiger partial charge on any atom is 0.336 e. The predicted octanol–water partition coefficient (Wildman–Crippen LogP) is 3.53. The molecule has 0 bridgehead atoms. The molecule has 2 rings (SSSR count). The van der Waals surface area contributed by atoms with Gasteiger partial charge in [-0.1, -0.05) is 19.9 Å². The summed E-state index contributed by atoms with van der Waals surface area (Å²) in [6.07, 6.45) is 2.07. The van der Waals surface area contributed by atoms with Crippen molar-refractivity contribution >= 4 is 22.7 Å². The van der Waals surface area contributed by atoms with Crippen LogP contribution in [0, 0.1) is 0 Å². The maximum atomic E-state index is 11.1. The lowest BCUT2D eigenvalue weighted by molar-refractivity contribution is 0.0699. The second-order valence-corrected chi connectivity index (χ2v) is 4.53. The Balaban J connectivity index is 2.39. The van der Waals surface area contributed by atoms with E-state index in [1.54, 1.807) is 12.1 Å². The van der Waals surface area contributed by atoms with Crippen molar-refractivity contribution in [2.24, 2.45) is 0 Å². The molecule has 1 aromatic heterocycles. The third-order valence-electron chi connectivity index (χ3n) is 3.30. The van der Waals surface area contributed by atoms with Crippen molar-refractivity contribution in [2.75, 3.05) is 5.32 Å². The Kier molecular flexibility index (Phi) is 4.00. The summed E-state index contributed by atoms with van der Waals surface area (Å²) in [5, 5.41) is 13.2. The summed E-state index contributed by atoms with van der Waals surface area (Å²) in [7, 11) is 0. The normalized spacial score (nSPS) is 10.9. The van der Waals surface area contributed by atoms with Gasteiger partial charge in [0.15, 0.2) is 0 Å². The van der Waals surface area contributed by atoms with Crippen LogP contribution in [-0.2, 0) is 0 Å². The summed E-state index contributed by atoms with van der Waals surface area (Å²) in [5.41, 5.74) is 0.995. The van der Waals surface area contributed by atoms with E-state index < -0.39 is 5.97 Å². The zero-order chi connectivity index (χ0) is 13.8. The SMILES string of the molecule is CCC(CC)Nc1ccc2c(C(=O)O)cccc2n1. The second-order valence-electron chi connectivity index (χ2n) is 4.53. The Morgan fingerprint density at radius 1 is 1.26 bits per heavy atom. The Morgan fingerprint density at radius 3 is 2.63 bits per heavy atom. The fourth-order valence-corrected chi connectivity index (χ4v) is 2.12. The van der Waals surface area contributed by atoms with Crippen molar-refractivity contribution in [1.82, 2.24) is 4.98 Å². The molecule has 0 atom stereocenters. The van der Waals surface area contributed by atoms with Crippen LogP contribution in [0.2, 0.25) is 0 Å². The van der Waals surface area contributed by atoms with Gasteiger partial charge in [-0.15, -0.1) is 0 Å². The van der Waals surface area contributed by atoms with Crippen LogP contribution in [-0.4, -0.2) is 22.1 Å². The Hall–Kier alpha value is -2.10. The zero-order valence-corrected chi connectivity index (χ0v) is 11.2. The van der Waals surface area contributed by atoms with Crippen LogP contribution in [0.4, 0.5) is 5.82 Å². The van der Waals surface area contributed by atoms with Crippen molar-refractivity contribution in [2.45, 2.75) is 32.7 Å². The van der Waals surface area contributed by atoms with E-state index in [0.717, 1.165) is 18.7 Å². The van der Waals surface area contributed by atoms with Crippen molar-refractivity contribution < 1.29 is 9.90 Å². The van der Waals surface area contributed by atoms with Crippen molar-refractivity contribution in [3.8, 4) is 0 Å². The minimum atomic E-state index is -0.923. The zero-order valence-electron chi connectivity index (χ0n) is 11.2. The number of pyridine rings is 1. The van der Waals surface area contributed by atoms with Crippen LogP contribution >= 0.6 is 0 Å². The topological polar surface area (TPSA) is 62.2 Å². The molecule has 100 valence electrons. The van der Waals surface area contributed by atoms with Gasteiger partial charge in [0.05, 0.1) is 11.1 Å². The molecule has 0 saturated carbocycles. The van der Waals surface area contributed by atoms with Crippen LogP contribution in [0.5, 0.6) is 0 Å². The average Bonchev–Trinajstić information content (AvgIpc) is 2.43. The average molecular weight is 258 g/mol. The lowest BCUT2D eigenvalue weighted by Gasteiger charge is -2.15. The third kappa shape index (κ3) is 2.84. The molecule has 19 heavy (non-hydrogen) atoms. The number of hydrogen-bond donors (Lipinski definition) is 2. The van der Waals surface area contributed by atoms with Gasteiger partial charge in [0.2, 0.25) is 0 Å². The van der Waals surface area contributed by atoms with Crippen LogP contribution < -0.4 is 5.32 Å². The molecular formula is C15H18N2O2. The van der Waals surface area contributed by atoms with Gasteiger partial charge in [-0.2, -0.15) is 0 Å². The molecule has 0 radical (unpaired) electrons. The monoisotopic (exact) mass is 258 g/mol. The number of carboxylic acids is 1. The summed E-state index contributed by atoms with van der Waals surface area (Å²) >= 11 is 0. The van der Waals surface area contributed by atoms with Gasteiger partial charge >= 0.3 is 5.97 Å². The number of hydrogen-bond acceptors (Lipinski definition) is 3. The molecule has 1 heterocycles. The first-order valence-corrected chi connectivity index (χ1v) is 6.55.